The lowest BCUT2D eigenvalue weighted by Gasteiger charge is -2.32. The Balaban J connectivity index is 1.65. The van der Waals surface area contributed by atoms with Crippen LogP contribution in [0.25, 0.3) is 11.1 Å². The molecule has 196 valence electrons. The predicted octanol–water partition coefficient (Wildman–Crippen LogP) is 6.19. The molecule has 0 spiro atoms. The Morgan fingerprint density at radius 3 is 1.83 bits per heavy atom. The number of rotatable bonds is 9. The highest BCUT2D eigenvalue weighted by Crippen LogP contribution is 2.55. The fourth-order valence-electron chi connectivity index (χ4n) is 4.27. The monoisotopic (exact) mass is 517 g/mol. The molecule has 3 rings (SSSR count). The third-order valence-electron chi connectivity index (χ3n) is 5.45. The molecule has 1 aliphatic carbocycles. The maximum absolute atomic E-state index is 13.4. The van der Waals surface area contributed by atoms with E-state index in [0.29, 0.717) is 0 Å². The number of hydrogen-bond donors (Lipinski definition) is 2. The van der Waals surface area contributed by atoms with Gasteiger partial charge in [-0.1, -0.05) is 48.5 Å². The molecule has 1 unspecified atom stereocenters. The Morgan fingerprint density at radius 2 is 1.39 bits per heavy atom. The standard InChI is InChI=1S/C27H36NO7P/c1-26(2,3)34-36(32,35-27(4,5)6)16-15-23(24(29)30)28-25(31)33-17-22-20-13-9-7-11-18(20)19-12-8-10-14-21(19)22/h7-14,22-23H,15-17H2,1-6H3,(H,28,31)(H,29,30). The molecule has 0 saturated carbocycles. The van der Waals surface area contributed by atoms with Gasteiger partial charge < -0.3 is 24.2 Å². The second kappa shape index (κ2) is 10.8. The summed E-state index contributed by atoms with van der Waals surface area (Å²) in [4.78, 5) is 24.5. The molecule has 0 bridgehead atoms. The summed E-state index contributed by atoms with van der Waals surface area (Å²) in [7, 11) is -3.66. The smallest absolute Gasteiger partial charge is 0.407 e. The molecule has 1 atom stereocenters. The van der Waals surface area contributed by atoms with Crippen molar-refractivity contribution in [2.75, 3.05) is 12.8 Å². The lowest BCUT2D eigenvalue weighted by Crippen LogP contribution is -2.42. The number of alkyl carbamates (subject to hydrolysis) is 1. The number of hydrogen-bond acceptors (Lipinski definition) is 6. The third-order valence-corrected chi connectivity index (χ3v) is 7.91. The first-order valence-corrected chi connectivity index (χ1v) is 13.8. The average molecular weight is 518 g/mol. The molecule has 2 aromatic rings. The van der Waals surface area contributed by atoms with Crippen molar-refractivity contribution < 1.29 is 33.0 Å². The fourth-order valence-corrected chi connectivity index (χ4v) is 6.73. The SMILES string of the molecule is CC(C)(C)OP(=O)(CCC(NC(=O)OCC1c2ccccc2-c2ccccc21)C(=O)O)OC(C)(C)C. The van der Waals surface area contributed by atoms with E-state index in [0.717, 1.165) is 22.3 Å². The van der Waals surface area contributed by atoms with E-state index in [9.17, 15) is 19.3 Å². The zero-order valence-corrected chi connectivity index (χ0v) is 22.6. The minimum atomic E-state index is -3.66. The van der Waals surface area contributed by atoms with Gasteiger partial charge in [0.05, 0.1) is 17.4 Å². The molecule has 0 heterocycles. The number of carbonyl (C=O) groups excluding carboxylic acids is 1. The molecule has 0 radical (unpaired) electrons. The van der Waals surface area contributed by atoms with E-state index in [4.69, 9.17) is 13.8 Å². The van der Waals surface area contributed by atoms with Crippen LogP contribution in [0.15, 0.2) is 48.5 Å². The number of fused-ring (bicyclic) bond motifs is 3. The van der Waals surface area contributed by atoms with Crippen molar-refractivity contribution in [3.63, 3.8) is 0 Å². The number of benzene rings is 2. The van der Waals surface area contributed by atoms with Crippen LogP contribution >= 0.6 is 7.60 Å². The van der Waals surface area contributed by atoms with Gasteiger partial charge in [0.1, 0.15) is 12.6 Å². The summed E-state index contributed by atoms with van der Waals surface area (Å²) in [6.07, 6.45) is -1.18. The van der Waals surface area contributed by atoms with Gasteiger partial charge in [-0.25, -0.2) is 9.59 Å². The van der Waals surface area contributed by atoms with E-state index in [1.165, 1.54) is 0 Å². The van der Waals surface area contributed by atoms with Crippen molar-refractivity contribution in [3.8, 4) is 11.1 Å². The van der Waals surface area contributed by atoms with E-state index in [-0.39, 0.29) is 25.1 Å². The van der Waals surface area contributed by atoms with Gasteiger partial charge in [-0.2, -0.15) is 0 Å². The normalized spacial score (nSPS) is 14.6. The molecular formula is C27H36NO7P. The highest BCUT2D eigenvalue weighted by Gasteiger charge is 2.37. The van der Waals surface area contributed by atoms with Crippen molar-refractivity contribution in [2.45, 2.75) is 71.1 Å². The van der Waals surface area contributed by atoms with Gasteiger partial charge in [0.25, 0.3) is 0 Å². The molecule has 0 saturated heterocycles. The maximum Gasteiger partial charge on any atom is 0.407 e. The first-order valence-electron chi connectivity index (χ1n) is 12.0. The molecule has 1 amide bonds. The molecule has 36 heavy (non-hydrogen) atoms. The van der Waals surface area contributed by atoms with Crippen LogP contribution in [0.4, 0.5) is 4.79 Å². The van der Waals surface area contributed by atoms with Crippen LogP contribution < -0.4 is 5.32 Å². The lowest BCUT2D eigenvalue weighted by atomic mass is 9.98. The van der Waals surface area contributed by atoms with Gasteiger partial charge in [-0.05, 0) is 70.2 Å². The largest absolute Gasteiger partial charge is 0.480 e. The zero-order valence-electron chi connectivity index (χ0n) is 21.7. The Kier molecular flexibility index (Phi) is 8.33. The first kappa shape index (κ1) is 27.9. The second-order valence-electron chi connectivity index (χ2n) is 10.9. The molecule has 0 fully saturated rings. The van der Waals surface area contributed by atoms with E-state index < -0.39 is 36.9 Å². The van der Waals surface area contributed by atoms with Gasteiger partial charge in [0.15, 0.2) is 0 Å². The molecule has 0 aliphatic heterocycles. The van der Waals surface area contributed by atoms with Gasteiger partial charge in [0, 0.05) is 5.92 Å². The topological polar surface area (TPSA) is 111 Å². The van der Waals surface area contributed by atoms with Gasteiger partial charge in [-0.15, -0.1) is 0 Å². The summed E-state index contributed by atoms with van der Waals surface area (Å²) < 4.78 is 30.3. The Labute approximate surface area is 212 Å². The lowest BCUT2D eigenvalue weighted by molar-refractivity contribution is -0.139. The van der Waals surface area contributed by atoms with Crippen molar-refractivity contribution >= 4 is 19.7 Å². The van der Waals surface area contributed by atoms with Gasteiger partial charge in [-0.3, -0.25) is 4.57 Å². The average Bonchev–Trinajstić information content (AvgIpc) is 3.06. The number of nitrogens with one attached hydrogen (secondary N) is 1. The molecule has 8 nitrogen and oxygen atoms in total. The van der Waals surface area contributed by atoms with Crippen LogP contribution in [0.1, 0.15) is 65.0 Å². The highest BCUT2D eigenvalue weighted by molar-refractivity contribution is 7.53. The van der Waals surface area contributed by atoms with Crippen LogP contribution in [0.5, 0.6) is 0 Å². The van der Waals surface area contributed by atoms with Crippen LogP contribution in [0.2, 0.25) is 0 Å². The zero-order chi connectivity index (χ0) is 26.7. The van der Waals surface area contributed by atoms with Crippen LogP contribution in [0, 0.1) is 0 Å². The van der Waals surface area contributed by atoms with Crippen LogP contribution in [-0.4, -0.2) is 47.2 Å². The summed E-state index contributed by atoms with van der Waals surface area (Å²) in [5.74, 6) is -1.41. The third kappa shape index (κ3) is 7.42. The highest BCUT2D eigenvalue weighted by atomic mass is 31.2. The number of ether oxygens (including phenoxy) is 1. The summed E-state index contributed by atoms with van der Waals surface area (Å²) in [5.41, 5.74) is 2.78. The predicted molar refractivity (Wildman–Crippen MR) is 138 cm³/mol. The Bertz CT molecular complexity index is 1080. The molecule has 1 aliphatic rings. The van der Waals surface area contributed by atoms with Gasteiger partial charge >= 0.3 is 19.7 Å². The van der Waals surface area contributed by atoms with E-state index in [1.54, 1.807) is 41.5 Å². The number of carbonyl (C=O) groups is 2. The second-order valence-corrected chi connectivity index (χ2v) is 12.9. The van der Waals surface area contributed by atoms with Crippen molar-refractivity contribution in [1.29, 1.82) is 0 Å². The van der Waals surface area contributed by atoms with Crippen LogP contribution in [-0.2, 0) is 23.1 Å². The minimum absolute atomic E-state index is 0.0605. The van der Waals surface area contributed by atoms with E-state index in [2.05, 4.69) is 5.32 Å². The molecule has 2 aromatic carbocycles. The molecule has 2 N–H and O–H groups in total. The number of amides is 1. The van der Waals surface area contributed by atoms with E-state index >= 15 is 0 Å². The summed E-state index contributed by atoms with van der Waals surface area (Å²) in [5, 5.41) is 12.1. The molecular weight excluding hydrogens is 481 g/mol. The fraction of sp³-hybridized carbons (Fsp3) is 0.481. The minimum Gasteiger partial charge on any atom is -0.480 e. The number of aliphatic carboxylic acids is 1. The maximum atomic E-state index is 13.4. The summed E-state index contributed by atoms with van der Waals surface area (Å²) in [6, 6.07) is 14.6. The van der Waals surface area contributed by atoms with Crippen molar-refractivity contribution in [1.82, 2.24) is 5.32 Å². The number of carboxylic acid groups (broad SMARTS) is 1. The van der Waals surface area contributed by atoms with Crippen molar-refractivity contribution in [2.24, 2.45) is 0 Å². The summed E-state index contributed by atoms with van der Waals surface area (Å²) in [6.45, 7) is 10.5. The van der Waals surface area contributed by atoms with E-state index in [1.807, 2.05) is 48.5 Å². The Hall–Kier alpha value is -2.67. The van der Waals surface area contributed by atoms with Crippen molar-refractivity contribution in [3.05, 3.63) is 59.7 Å². The van der Waals surface area contributed by atoms with Crippen LogP contribution in [0.3, 0.4) is 0 Å². The summed E-state index contributed by atoms with van der Waals surface area (Å²) >= 11 is 0. The number of carboxylic acids is 1. The van der Waals surface area contributed by atoms with Gasteiger partial charge in [0.2, 0.25) is 0 Å². The Morgan fingerprint density at radius 1 is 0.917 bits per heavy atom. The quantitative estimate of drug-likeness (QED) is 0.382. The first-order chi connectivity index (χ1) is 16.7. The molecule has 0 aromatic heterocycles. The molecule has 9 heteroatoms.